The molecule has 0 aliphatic carbocycles. The molecule has 8 heavy (non-hydrogen) atoms. The smallest absolute Gasteiger partial charge is 0.330 e. The molecule has 0 heterocycles. The van der Waals surface area contributed by atoms with Crippen LogP contribution in [0.15, 0.2) is 0 Å². The summed E-state index contributed by atoms with van der Waals surface area (Å²) in [6.45, 7) is 1.14. The third kappa shape index (κ3) is 9.95. The zero-order valence-corrected chi connectivity index (χ0v) is 7.45. The normalized spacial score (nSPS) is 10.5. The number of rotatable bonds is 2. The van der Waals surface area contributed by atoms with E-state index in [4.69, 9.17) is 0 Å². The molecular weight excluding hydrogens is 170 g/mol. The van der Waals surface area contributed by atoms with E-state index in [0.29, 0.717) is 0 Å². The third-order valence-electron chi connectivity index (χ3n) is 0.771. The Hall–Kier alpha value is 0.829. The number of quaternary nitrogens is 1. The van der Waals surface area contributed by atoms with Crippen molar-refractivity contribution in [2.45, 2.75) is 0 Å². The van der Waals surface area contributed by atoms with Crippen LogP contribution in [-0.2, 0) is 17.1 Å². The summed E-state index contributed by atoms with van der Waals surface area (Å²) < 4.78 is 1.02. The first kappa shape index (κ1) is 11.6. The van der Waals surface area contributed by atoms with Crippen LogP contribution in [0.1, 0.15) is 0 Å². The molecule has 0 N–H and O–H groups in total. The van der Waals surface area contributed by atoms with E-state index >= 15 is 0 Å². The Balaban J connectivity index is 0. The summed E-state index contributed by atoms with van der Waals surface area (Å²) in [5.41, 5.74) is 0. The van der Waals surface area contributed by atoms with E-state index in [1.807, 2.05) is 0 Å². The first-order chi connectivity index (χ1) is 3.06. The second-order valence-electron chi connectivity index (χ2n) is 2.74. The van der Waals surface area contributed by atoms with E-state index in [9.17, 15) is 0 Å². The van der Waals surface area contributed by atoms with Gasteiger partial charge in [-0.2, -0.15) is 12.6 Å². The van der Waals surface area contributed by atoms with Crippen molar-refractivity contribution in [3.8, 4) is 0 Å². The van der Waals surface area contributed by atoms with Gasteiger partial charge in [0.15, 0.2) is 0 Å². The fraction of sp³-hybridized carbons (Fsp3) is 1.00. The summed E-state index contributed by atoms with van der Waals surface area (Å²) in [7, 11) is 6.49. The molecule has 0 saturated carbocycles. The van der Waals surface area contributed by atoms with Crippen LogP contribution in [-0.4, -0.2) is 37.9 Å². The molecule has 0 unspecified atom stereocenters. The molecule has 0 aromatic rings. The average Bonchev–Trinajstić information content (AvgIpc) is 1.30. The van der Waals surface area contributed by atoms with E-state index in [0.717, 1.165) is 16.8 Å². The summed E-state index contributed by atoms with van der Waals surface area (Å²) in [4.78, 5) is 0. The minimum Gasteiger partial charge on any atom is -0.330 e. The molecule has 53 valence electrons. The molecular formula is C5H14CuNS+3. The van der Waals surface area contributed by atoms with Crippen molar-refractivity contribution in [1.82, 2.24) is 0 Å². The van der Waals surface area contributed by atoms with E-state index in [-0.39, 0.29) is 17.1 Å². The fourth-order valence-electron chi connectivity index (χ4n) is 0.300. The van der Waals surface area contributed by atoms with E-state index in [1.165, 1.54) is 0 Å². The van der Waals surface area contributed by atoms with Crippen LogP contribution in [0.5, 0.6) is 0 Å². The second kappa shape index (κ2) is 4.68. The molecule has 0 atom stereocenters. The topological polar surface area (TPSA) is 0 Å². The summed E-state index contributed by atoms with van der Waals surface area (Å²) in [6, 6.07) is 0. The molecule has 1 nitrogen and oxygen atoms in total. The van der Waals surface area contributed by atoms with Crippen LogP contribution in [0.3, 0.4) is 0 Å². The van der Waals surface area contributed by atoms with Gasteiger partial charge >= 0.3 is 17.1 Å². The molecule has 3 heteroatoms. The molecule has 0 aromatic heterocycles. The van der Waals surface area contributed by atoms with Crippen LogP contribution in [0, 0.1) is 0 Å². The van der Waals surface area contributed by atoms with Crippen LogP contribution < -0.4 is 0 Å². The zero-order valence-electron chi connectivity index (χ0n) is 5.61. The van der Waals surface area contributed by atoms with E-state index in [2.05, 4.69) is 33.8 Å². The summed E-state index contributed by atoms with van der Waals surface area (Å²) in [5.74, 6) is 0.976. The van der Waals surface area contributed by atoms with Gasteiger partial charge in [0, 0.05) is 5.75 Å². The molecule has 0 bridgehead atoms. The minimum absolute atomic E-state index is 0. The van der Waals surface area contributed by atoms with Gasteiger partial charge in [-0.15, -0.1) is 0 Å². The Kier molecular flexibility index (Phi) is 6.79. The Morgan fingerprint density at radius 1 is 1.25 bits per heavy atom. The molecule has 0 saturated heterocycles. The Bertz CT molecular complexity index is 50.9. The molecule has 0 spiro atoms. The van der Waals surface area contributed by atoms with Gasteiger partial charge in [-0.1, -0.05) is 0 Å². The van der Waals surface area contributed by atoms with E-state index in [1.54, 1.807) is 0 Å². The molecule has 1 radical (unpaired) electrons. The second-order valence-corrected chi connectivity index (χ2v) is 3.18. The molecule has 0 aliphatic heterocycles. The zero-order chi connectivity index (χ0) is 5.91. The largest absolute Gasteiger partial charge is 2.00 e. The maximum absolute atomic E-state index is 4.10. The summed E-state index contributed by atoms with van der Waals surface area (Å²) in [5, 5.41) is 0. The van der Waals surface area contributed by atoms with Gasteiger partial charge in [0.05, 0.1) is 27.7 Å². The average molecular weight is 184 g/mol. The van der Waals surface area contributed by atoms with Crippen molar-refractivity contribution in [1.29, 1.82) is 0 Å². The first-order valence-corrected chi connectivity index (χ1v) is 3.11. The van der Waals surface area contributed by atoms with Crippen LogP contribution in [0.25, 0.3) is 0 Å². The standard InChI is InChI=1S/C5H13NS.Cu/c1-6(2,3)4-5-7;/h4-5H2,1-3H3;/q;+2/p+1. The van der Waals surface area contributed by atoms with E-state index < -0.39 is 0 Å². The number of thiol groups is 1. The monoisotopic (exact) mass is 183 g/mol. The predicted molar refractivity (Wildman–Crippen MR) is 36.8 cm³/mol. The summed E-state index contributed by atoms with van der Waals surface area (Å²) >= 11 is 4.10. The molecule has 0 aliphatic rings. The first-order valence-electron chi connectivity index (χ1n) is 2.47. The van der Waals surface area contributed by atoms with Crippen molar-refractivity contribution in [2.24, 2.45) is 0 Å². The quantitative estimate of drug-likeness (QED) is 0.362. The molecule has 0 aromatic carbocycles. The van der Waals surface area contributed by atoms with Gasteiger partial charge < -0.3 is 4.48 Å². The van der Waals surface area contributed by atoms with Gasteiger partial charge in [-0.05, 0) is 0 Å². The maximum atomic E-state index is 4.10. The predicted octanol–water partition coefficient (Wildman–Crippen LogP) is 0.620. The molecule has 0 rings (SSSR count). The Labute approximate surface area is 67.9 Å². The van der Waals surface area contributed by atoms with Crippen molar-refractivity contribution in [3.63, 3.8) is 0 Å². The number of nitrogens with zero attached hydrogens (tertiary/aromatic N) is 1. The number of hydrogen-bond acceptors (Lipinski definition) is 1. The van der Waals surface area contributed by atoms with Crippen molar-refractivity contribution in [3.05, 3.63) is 0 Å². The van der Waals surface area contributed by atoms with Gasteiger partial charge in [-0.3, -0.25) is 0 Å². The van der Waals surface area contributed by atoms with Crippen molar-refractivity contribution in [2.75, 3.05) is 33.4 Å². The number of hydrogen-bond donors (Lipinski definition) is 1. The van der Waals surface area contributed by atoms with Crippen molar-refractivity contribution >= 4 is 12.6 Å². The Morgan fingerprint density at radius 2 is 1.62 bits per heavy atom. The molecule has 0 amide bonds. The maximum Gasteiger partial charge on any atom is 2.00 e. The van der Waals surface area contributed by atoms with Gasteiger partial charge in [0.2, 0.25) is 0 Å². The van der Waals surface area contributed by atoms with Gasteiger partial charge in [0.1, 0.15) is 0 Å². The van der Waals surface area contributed by atoms with Crippen LogP contribution >= 0.6 is 12.6 Å². The van der Waals surface area contributed by atoms with Crippen molar-refractivity contribution < 1.29 is 21.6 Å². The van der Waals surface area contributed by atoms with Crippen LogP contribution in [0.2, 0.25) is 0 Å². The Morgan fingerprint density at radius 3 is 1.62 bits per heavy atom. The summed E-state index contributed by atoms with van der Waals surface area (Å²) in [6.07, 6.45) is 0. The SMILES string of the molecule is C[N+](C)(C)CCS.[Cu+2]. The fourth-order valence-corrected chi connectivity index (χ4v) is 0.900. The minimum atomic E-state index is 0. The van der Waals surface area contributed by atoms with Crippen LogP contribution in [0.4, 0.5) is 0 Å². The molecule has 0 fully saturated rings. The third-order valence-corrected chi connectivity index (χ3v) is 0.971. The van der Waals surface area contributed by atoms with Gasteiger partial charge in [0.25, 0.3) is 0 Å². The van der Waals surface area contributed by atoms with Gasteiger partial charge in [-0.25, -0.2) is 0 Å².